The molecule has 1 aromatic rings. The van der Waals surface area contributed by atoms with Crippen molar-refractivity contribution in [1.82, 2.24) is 5.32 Å². The molecule has 1 unspecified atom stereocenters. The van der Waals surface area contributed by atoms with Gasteiger partial charge in [-0.25, -0.2) is 4.39 Å². The molecule has 1 aromatic carbocycles. The molecule has 0 aliphatic rings. The number of nitrogens with zero attached hydrogens (tertiary/aromatic N) is 1. The van der Waals surface area contributed by atoms with Crippen LogP contribution in [-0.4, -0.2) is 17.1 Å². The highest BCUT2D eigenvalue weighted by atomic mass is 19.1. The van der Waals surface area contributed by atoms with Crippen molar-refractivity contribution in [1.29, 1.82) is 0 Å². The predicted octanol–water partition coefficient (Wildman–Crippen LogP) is 3.22. The van der Waals surface area contributed by atoms with Gasteiger partial charge in [0, 0.05) is 23.7 Å². The van der Waals surface area contributed by atoms with Crippen LogP contribution >= 0.6 is 0 Å². The van der Waals surface area contributed by atoms with Crippen LogP contribution in [0.5, 0.6) is 0 Å². The van der Waals surface area contributed by atoms with Gasteiger partial charge in [0.05, 0.1) is 0 Å². The number of amidine groups is 1. The summed E-state index contributed by atoms with van der Waals surface area (Å²) in [7, 11) is 0. The molecule has 0 bridgehead atoms. The van der Waals surface area contributed by atoms with Gasteiger partial charge in [-0.3, -0.25) is 0 Å². The smallest absolute Gasteiger partial charge is 0.170 e. The van der Waals surface area contributed by atoms with Crippen LogP contribution in [-0.2, 0) is 6.54 Å². The van der Waals surface area contributed by atoms with Crippen LogP contribution in [0.25, 0.3) is 0 Å². The molecular weight excluding hydrogens is 269 g/mol. The van der Waals surface area contributed by atoms with Crippen molar-refractivity contribution in [2.24, 2.45) is 16.8 Å². The first-order chi connectivity index (χ1) is 9.93. The lowest BCUT2D eigenvalue weighted by molar-refractivity contribution is 0.318. The number of rotatable bonds is 8. The summed E-state index contributed by atoms with van der Waals surface area (Å²) in [5, 5.41) is 14.8. The van der Waals surface area contributed by atoms with Gasteiger partial charge in [0.15, 0.2) is 5.84 Å². The largest absolute Gasteiger partial charge is 0.409 e. The highest BCUT2D eigenvalue weighted by Crippen LogP contribution is 2.12. The lowest BCUT2D eigenvalue weighted by Gasteiger charge is -2.15. The summed E-state index contributed by atoms with van der Waals surface area (Å²) in [6, 6.07) is 4.96. The highest BCUT2D eigenvalue weighted by molar-refractivity contribution is 5.97. The number of benzene rings is 1. The normalized spacial score (nSPS) is 13.7. The molecule has 0 heterocycles. The first kappa shape index (κ1) is 17.4. The fraction of sp³-hybridized carbons (Fsp3) is 0.562. The average molecular weight is 295 g/mol. The zero-order valence-electron chi connectivity index (χ0n) is 13.1. The van der Waals surface area contributed by atoms with Gasteiger partial charge in [-0.05, 0) is 25.3 Å². The van der Waals surface area contributed by atoms with Gasteiger partial charge in [-0.15, -0.1) is 0 Å². The maximum Gasteiger partial charge on any atom is 0.170 e. The Morgan fingerprint density at radius 2 is 2.05 bits per heavy atom. The van der Waals surface area contributed by atoms with E-state index in [2.05, 4.69) is 31.2 Å². The van der Waals surface area contributed by atoms with Gasteiger partial charge in [-0.2, -0.15) is 0 Å². The van der Waals surface area contributed by atoms with Crippen LogP contribution in [0.3, 0.4) is 0 Å². The molecule has 0 saturated heterocycles. The van der Waals surface area contributed by atoms with Gasteiger partial charge >= 0.3 is 0 Å². The van der Waals surface area contributed by atoms with Crippen LogP contribution in [0.2, 0.25) is 0 Å². The molecule has 0 aliphatic heterocycles. The van der Waals surface area contributed by atoms with E-state index in [-0.39, 0.29) is 11.7 Å². The van der Waals surface area contributed by atoms with Crippen LogP contribution in [0.1, 0.15) is 51.2 Å². The first-order valence-electron chi connectivity index (χ1n) is 7.43. The number of hydrogen-bond acceptors (Lipinski definition) is 3. The summed E-state index contributed by atoms with van der Waals surface area (Å²) in [5.41, 5.74) is 6.39. The minimum absolute atomic E-state index is 0.0875. The van der Waals surface area contributed by atoms with Crippen molar-refractivity contribution in [3.05, 3.63) is 35.1 Å². The van der Waals surface area contributed by atoms with Crippen molar-refractivity contribution in [2.45, 2.75) is 52.6 Å². The summed E-state index contributed by atoms with van der Waals surface area (Å²) in [6.45, 7) is 7.03. The second kappa shape index (κ2) is 8.62. The van der Waals surface area contributed by atoms with E-state index in [9.17, 15) is 4.39 Å². The Bertz CT molecular complexity index is 475. The van der Waals surface area contributed by atoms with E-state index < -0.39 is 0 Å². The van der Waals surface area contributed by atoms with E-state index in [1.807, 2.05) is 0 Å². The maximum atomic E-state index is 13.9. The van der Waals surface area contributed by atoms with Crippen LogP contribution in [0.4, 0.5) is 4.39 Å². The van der Waals surface area contributed by atoms with Crippen molar-refractivity contribution >= 4 is 5.84 Å². The van der Waals surface area contributed by atoms with Crippen molar-refractivity contribution in [3.63, 3.8) is 0 Å². The highest BCUT2D eigenvalue weighted by Gasteiger charge is 2.08. The van der Waals surface area contributed by atoms with Crippen LogP contribution < -0.4 is 11.1 Å². The SMILES string of the molecule is CC(C)CCCC(C)NCc1ccc(C(N)=NO)cc1F. The number of nitrogens with one attached hydrogen (secondary N) is 1. The number of halogens is 1. The average Bonchev–Trinajstić information content (AvgIpc) is 2.44. The maximum absolute atomic E-state index is 13.9. The minimum atomic E-state index is -0.346. The van der Waals surface area contributed by atoms with Crippen LogP contribution in [0, 0.1) is 11.7 Å². The lowest BCUT2D eigenvalue weighted by atomic mass is 10.0. The quantitative estimate of drug-likeness (QED) is 0.298. The third-order valence-electron chi connectivity index (χ3n) is 3.52. The number of hydrogen-bond donors (Lipinski definition) is 3. The number of oxime groups is 1. The first-order valence-corrected chi connectivity index (χ1v) is 7.43. The molecule has 0 spiro atoms. The Labute approximate surface area is 126 Å². The Morgan fingerprint density at radius 1 is 1.33 bits per heavy atom. The summed E-state index contributed by atoms with van der Waals surface area (Å²) < 4.78 is 13.9. The molecule has 5 heteroatoms. The summed E-state index contributed by atoms with van der Waals surface area (Å²) >= 11 is 0. The summed E-state index contributed by atoms with van der Waals surface area (Å²) in [4.78, 5) is 0. The van der Waals surface area contributed by atoms with Crippen molar-refractivity contribution < 1.29 is 9.60 Å². The van der Waals surface area contributed by atoms with Crippen LogP contribution in [0.15, 0.2) is 23.4 Å². The van der Waals surface area contributed by atoms with E-state index in [0.717, 1.165) is 12.3 Å². The molecule has 0 saturated carbocycles. The molecule has 0 aliphatic carbocycles. The molecule has 0 aromatic heterocycles. The molecule has 1 atom stereocenters. The second-order valence-corrected chi connectivity index (χ2v) is 5.90. The summed E-state index contributed by atoms with van der Waals surface area (Å²) in [6.07, 6.45) is 3.48. The Kier molecular flexibility index (Phi) is 7.15. The summed E-state index contributed by atoms with van der Waals surface area (Å²) in [5.74, 6) is 0.289. The van der Waals surface area contributed by atoms with Gasteiger partial charge in [0.1, 0.15) is 5.82 Å². The molecule has 4 N–H and O–H groups in total. The van der Waals surface area contributed by atoms with Gasteiger partial charge in [-0.1, -0.05) is 44.0 Å². The van der Waals surface area contributed by atoms with E-state index in [1.165, 1.54) is 18.9 Å². The standard InChI is InChI=1S/C16H26FN3O/c1-11(2)5-4-6-12(3)19-10-14-8-7-13(9-15(14)17)16(18)20-21/h7-9,11-12,19,21H,4-6,10H2,1-3H3,(H2,18,20). The van der Waals surface area contributed by atoms with Crippen molar-refractivity contribution in [2.75, 3.05) is 0 Å². The van der Waals surface area contributed by atoms with Gasteiger partial charge < -0.3 is 16.3 Å². The zero-order chi connectivity index (χ0) is 15.8. The number of nitrogens with two attached hydrogens (primary N) is 1. The monoisotopic (exact) mass is 295 g/mol. The van der Waals surface area contributed by atoms with Gasteiger partial charge in [0.2, 0.25) is 0 Å². The molecule has 4 nitrogen and oxygen atoms in total. The predicted molar refractivity (Wildman–Crippen MR) is 83.9 cm³/mol. The third kappa shape index (κ3) is 6.12. The molecule has 118 valence electrons. The molecule has 0 amide bonds. The van der Waals surface area contributed by atoms with E-state index in [1.54, 1.807) is 12.1 Å². The van der Waals surface area contributed by atoms with Crippen molar-refractivity contribution in [3.8, 4) is 0 Å². The topological polar surface area (TPSA) is 70.6 Å². The van der Waals surface area contributed by atoms with E-state index in [4.69, 9.17) is 10.9 Å². The van der Waals surface area contributed by atoms with Gasteiger partial charge in [0.25, 0.3) is 0 Å². The van der Waals surface area contributed by atoms with E-state index >= 15 is 0 Å². The molecule has 21 heavy (non-hydrogen) atoms. The molecule has 0 fully saturated rings. The fourth-order valence-corrected chi connectivity index (χ4v) is 2.13. The zero-order valence-corrected chi connectivity index (χ0v) is 13.1. The molecular formula is C16H26FN3O. The molecule has 0 radical (unpaired) electrons. The second-order valence-electron chi connectivity index (χ2n) is 5.90. The lowest BCUT2D eigenvalue weighted by Crippen LogP contribution is -2.26. The minimum Gasteiger partial charge on any atom is -0.409 e. The van der Waals surface area contributed by atoms with E-state index in [0.29, 0.717) is 23.7 Å². The fourth-order valence-electron chi connectivity index (χ4n) is 2.13. The molecule has 1 rings (SSSR count). The Hall–Kier alpha value is -1.62. The Morgan fingerprint density at radius 3 is 2.62 bits per heavy atom. The Balaban J connectivity index is 2.48. The third-order valence-corrected chi connectivity index (χ3v) is 3.52.